The highest BCUT2D eigenvalue weighted by atomic mass is 19.1. The van der Waals surface area contributed by atoms with Crippen molar-refractivity contribution in [3.8, 4) is 0 Å². The average molecular weight is 240 g/mol. The van der Waals surface area contributed by atoms with Gasteiger partial charge in [0.05, 0.1) is 5.41 Å². The first-order chi connectivity index (χ1) is 8.11. The molecule has 4 saturated carbocycles. The van der Waals surface area contributed by atoms with E-state index in [1.54, 1.807) is 6.92 Å². The number of alkyl halides is 1. The smallest absolute Gasteiger partial charge is 0.312 e. The fourth-order valence-corrected chi connectivity index (χ4v) is 4.70. The van der Waals surface area contributed by atoms with Crippen molar-refractivity contribution in [2.24, 2.45) is 23.2 Å². The van der Waals surface area contributed by atoms with E-state index in [9.17, 15) is 9.18 Å². The highest BCUT2D eigenvalue weighted by molar-refractivity contribution is 5.77. The van der Waals surface area contributed by atoms with Crippen LogP contribution in [-0.4, -0.2) is 18.7 Å². The lowest BCUT2D eigenvalue weighted by molar-refractivity contribution is -0.176. The summed E-state index contributed by atoms with van der Waals surface area (Å²) in [5.41, 5.74) is -0.238. The molecule has 4 bridgehead atoms. The molecule has 0 saturated heterocycles. The summed E-state index contributed by atoms with van der Waals surface area (Å²) in [4.78, 5) is 12.3. The second-order valence-electron chi connectivity index (χ2n) is 6.57. The van der Waals surface area contributed by atoms with E-state index in [4.69, 9.17) is 4.74 Å². The maximum absolute atomic E-state index is 12.4. The molecule has 2 nitrogen and oxygen atoms in total. The molecule has 0 aromatic heterocycles. The minimum Gasteiger partial charge on any atom is -0.459 e. The van der Waals surface area contributed by atoms with Gasteiger partial charge in [-0.05, 0) is 63.2 Å². The summed E-state index contributed by atoms with van der Waals surface area (Å²) in [5.74, 6) is 2.08. The molecular weight excluding hydrogens is 219 g/mol. The van der Waals surface area contributed by atoms with Crippen LogP contribution >= 0.6 is 0 Å². The van der Waals surface area contributed by atoms with Crippen molar-refractivity contribution in [3.63, 3.8) is 0 Å². The first-order valence-electron chi connectivity index (χ1n) is 6.88. The Morgan fingerprint density at radius 1 is 1.24 bits per heavy atom. The lowest BCUT2D eigenvalue weighted by atomic mass is 9.49. The number of carbonyl (C=O) groups excluding carboxylic acids is 1. The molecule has 1 atom stereocenters. The van der Waals surface area contributed by atoms with Crippen molar-refractivity contribution in [2.75, 3.05) is 6.67 Å². The minimum atomic E-state index is -0.574. The van der Waals surface area contributed by atoms with Crippen molar-refractivity contribution >= 4 is 5.97 Å². The zero-order chi connectivity index (χ0) is 12.0. The largest absolute Gasteiger partial charge is 0.459 e. The van der Waals surface area contributed by atoms with Crippen molar-refractivity contribution in [2.45, 2.75) is 51.6 Å². The maximum Gasteiger partial charge on any atom is 0.312 e. The Morgan fingerprint density at radius 2 is 1.71 bits per heavy atom. The standard InChI is InChI=1S/C14H21FO2/c1-9(8-15)17-13(16)14-5-10-2-11(6-14)4-12(3-10)7-14/h9-12H,2-8H2,1H3. The van der Waals surface area contributed by atoms with E-state index in [-0.39, 0.29) is 11.4 Å². The molecule has 0 amide bonds. The molecular formula is C14H21FO2. The number of hydrogen-bond donors (Lipinski definition) is 0. The molecule has 4 aliphatic carbocycles. The summed E-state index contributed by atoms with van der Waals surface area (Å²) < 4.78 is 17.7. The van der Waals surface area contributed by atoms with E-state index in [0.717, 1.165) is 37.0 Å². The lowest BCUT2D eigenvalue weighted by Crippen LogP contribution is -2.51. The molecule has 3 heteroatoms. The van der Waals surface area contributed by atoms with Gasteiger partial charge in [-0.1, -0.05) is 0 Å². The van der Waals surface area contributed by atoms with Gasteiger partial charge in [-0.25, -0.2) is 4.39 Å². The molecule has 96 valence electrons. The van der Waals surface area contributed by atoms with Gasteiger partial charge in [0.15, 0.2) is 0 Å². The molecule has 0 N–H and O–H groups in total. The highest BCUT2D eigenvalue weighted by Gasteiger charge is 2.55. The number of carbonyl (C=O) groups is 1. The average Bonchev–Trinajstić information content (AvgIpc) is 2.26. The predicted molar refractivity (Wildman–Crippen MR) is 62.1 cm³/mol. The maximum atomic E-state index is 12.4. The molecule has 0 aromatic carbocycles. The highest BCUT2D eigenvalue weighted by Crippen LogP contribution is 2.60. The lowest BCUT2D eigenvalue weighted by Gasteiger charge is -2.55. The molecule has 4 fully saturated rings. The third-order valence-electron chi connectivity index (χ3n) is 5.00. The zero-order valence-corrected chi connectivity index (χ0v) is 10.5. The Morgan fingerprint density at radius 3 is 2.12 bits per heavy atom. The molecule has 0 radical (unpaired) electrons. The summed E-state index contributed by atoms with van der Waals surface area (Å²) >= 11 is 0. The quantitative estimate of drug-likeness (QED) is 0.708. The van der Waals surface area contributed by atoms with E-state index in [2.05, 4.69) is 0 Å². The van der Waals surface area contributed by atoms with E-state index < -0.39 is 12.8 Å². The third-order valence-corrected chi connectivity index (χ3v) is 5.00. The third kappa shape index (κ3) is 1.88. The first kappa shape index (κ1) is 11.5. The van der Waals surface area contributed by atoms with E-state index in [1.165, 1.54) is 19.3 Å². The fraction of sp³-hybridized carbons (Fsp3) is 0.929. The van der Waals surface area contributed by atoms with Crippen LogP contribution in [-0.2, 0) is 9.53 Å². The van der Waals surface area contributed by atoms with Gasteiger partial charge in [0.2, 0.25) is 0 Å². The van der Waals surface area contributed by atoms with Gasteiger partial charge in [0.1, 0.15) is 12.8 Å². The topological polar surface area (TPSA) is 26.3 Å². The summed E-state index contributed by atoms with van der Waals surface area (Å²) in [5, 5.41) is 0. The summed E-state index contributed by atoms with van der Waals surface area (Å²) in [6.45, 7) is 1.07. The van der Waals surface area contributed by atoms with Crippen LogP contribution in [0, 0.1) is 23.2 Å². The molecule has 0 aromatic rings. The van der Waals surface area contributed by atoms with Gasteiger partial charge in [0.25, 0.3) is 0 Å². The number of ether oxygens (including phenoxy) is 1. The molecule has 0 spiro atoms. The van der Waals surface area contributed by atoms with Crippen molar-refractivity contribution in [1.82, 2.24) is 0 Å². The van der Waals surface area contributed by atoms with Crippen LogP contribution in [0.25, 0.3) is 0 Å². The van der Waals surface area contributed by atoms with Crippen LogP contribution in [0.15, 0.2) is 0 Å². The second-order valence-corrected chi connectivity index (χ2v) is 6.57. The van der Waals surface area contributed by atoms with E-state index >= 15 is 0 Å². The number of rotatable bonds is 3. The molecule has 17 heavy (non-hydrogen) atoms. The van der Waals surface area contributed by atoms with Crippen LogP contribution in [0.3, 0.4) is 0 Å². The number of halogens is 1. The van der Waals surface area contributed by atoms with Crippen molar-refractivity contribution in [1.29, 1.82) is 0 Å². The van der Waals surface area contributed by atoms with Crippen LogP contribution in [0.2, 0.25) is 0 Å². The van der Waals surface area contributed by atoms with Gasteiger partial charge in [-0.3, -0.25) is 4.79 Å². The Kier molecular flexibility index (Phi) is 2.68. The minimum absolute atomic E-state index is 0.109. The molecule has 0 heterocycles. The SMILES string of the molecule is CC(CF)OC(=O)C12CC3CC(CC(C3)C1)C2. The number of esters is 1. The van der Waals surface area contributed by atoms with Gasteiger partial charge < -0.3 is 4.74 Å². The molecule has 4 rings (SSSR count). The van der Waals surface area contributed by atoms with Crippen LogP contribution < -0.4 is 0 Å². The van der Waals surface area contributed by atoms with Crippen LogP contribution in [0.5, 0.6) is 0 Å². The summed E-state index contributed by atoms with van der Waals surface area (Å²) in [6, 6.07) is 0. The Labute approximate surface area is 102 Å². The zero-order valence-electron chi connectivity index (χ0n) is 10.5. The fourth-order valence-electron chi connectivity index (χ4n) is 4.70. The monoisotopic (exact) mass is 240 g/mol. The summed E-state index contributed by atoms with van der Waals surface area (Å²) in [7, 11) is 0. The van der Waals surface area contributed by atoms with E-state index in [0.29, 0.717) is 0 Å². The molecule has 0 aliphatic heterocycles. The Balaban J connectivity index is 1.75. The van der Waals surface area contributed by atoms with Crippen LogP contribution in [0.1, 0.15) is 45.4 Å². The van der Waals surface area contributed by atoms with Crippen molar-refractivity contribution < 1.29 is 13.9 Å². The normalized spacial score (nSPS) is 44.7. The predicted octanol–water partition coefficient (Wildman–Crippen LogP) is 3.10. The first-order valence-corrected chi connectivity index (χ1v) is 6.88. The molecule has 1 unspecified atom stereocenters. The second kappa shape index (κ2) is 3.96. The number of hydrogen-bond acceptors (Lipinski definition) is 2. The van der Waals surface area contributed by atoms with Gasteiger partial charge >= 0.3 is 5.97 Å². The summed E-state index contributed by atoms with van der Waals surface area (Å²) in [6.07, 6.45) is 6.35. The van der Waals surface area contributed by atoms with Gasteiger partial charge in [0, 0.05) is 0 Å². The van der Waals surface area contributed by atoms with Gasteiger partial charge in [-0.2, -0.15) is 0 Å². The Bertz CT molecular complexity index is 291. The van der Waals surface area contributed by atoms with E-state index in [1.807, 2.05) is 0 Å². The van der Waals surface area contributed by atoms with Crippen LogP contribution in [0.4, 0.5) is 4.39 Å². The van der Waals surface area contributed by atoms with Gasteiger partial charge in [-0.15, -0.1) is 0 Å². The Hall–Kier alpha value is -0.600. The van der Waals surface area contributed by atoms with Crippen molar-refractivity contribution in [3.05, 3.63) is 0 Å². The molecule has 4 aliphatic rings.